The molecule has 1 atom stereocenters. The van der Waals surface area contributed by atoms with Crippen molar-refractivity contribution in [1.29, 1.82) is 0 Å². The molecule has 0 radical (unpaired) electrons. The molecular formula is C12H17NO2. The summed E-state index contributed by atoms with van der Waals surface area (Å²) in [5, 5.41) is 0. The maximum atomic E-state index is 5.66. The zero-order valence-electron chi connectivity index (χ0n) is 9.06. The second kappa shape index (κ2) is 5.14. The van der Waals surface area contributed by atoms with Gasteiger partial charge in [0.15, 0.2) is 0 Å². The Hall–Kier alpha value is -1.06. The second-order valence-electron chi connectivity index (χ2n) is 3.84. The lowest BCUT2D eigenvalue weighted by Crippen LogP contribution is -2.42. The summed E-state index contributed by atoms with van der Waals surface area (Å²) in [5.74, 6) is 0.927. The van der Waals surface area contributed by atoms with Gasteiger partial charge in [0, 0.05) is 13.1 Å². The minimum atomic E-state index is 0.318. The summed E-state index contributed by atoms with van der Waals surface area (Å²) < 4.78 is 11.1. The average Bonchev–Trinajstić information content (AvgIpc) is 2.28. The van der Waals surface area contributed by atoms with Crippen molar-refractivity contribution < 1.29 is 9.47 Å². The number of benzene rings is 1. The summed E-state index contributed by atoms with van der Waals surface area (Å²) in [6.45, 7) is 5.45. The van der Waals surface area contributed by atoms with Crippen LogP contribution in [-0.2, 0) is 4.74 Å². The van der Waals surface area contributed by atoms with Gasteiger partial charge >= 0.3 is 0 Å². The Morgan fingerprint density at radius 3 is 2.93 bits per heavy atom. The number of ether oxygens (including phenoxy) is 2. The molecule has 1 aliphatic rings. The molecule has 3 heteroatoms. The van der Waals surface area contributed by atoms with E-state index in [0.29, 0.717) is 12.8 Å². The molecule has 0 spiro atoms. The SMILES string of the molecule is CC1CN(COc2ccccc2)CCO1. The van der Waals surface area contributed by atoms with Crippen LogP contribution in [0.2, 0.25) is 0 Å². The zero-order valence-corrected chi connectivity index (χ0v) is 9.06. The molecule has 3 nitrogen and oxygen atoms in total. The molecule has 0 saturated carbocycles. The van der Waals surface area contributed by atoms with Crippen LogP contribution in [-0.4, -0.2) is 37.4 Å². The van der Waals surface area contributed by atoms with Crippen LogP contribution in [0, 0.1) is 0 Å². The van der Waals surface area contributed by atoms with Crippen LogP contribution >= 0.6 is 0 Å². The van der Waals surface area contributed by atoms with E-state index in [9.17, 15) is 0 Å². The van der Waals surface area contributed by atoms with Gasteiger partial charge in [-0.2, -0.15) is 0 Å². The number of hydrogen-bond acceptors (Lipinski definition) is 3. The zero-order chi connectivity index (χ0) is 10.5. The smallest absolute Gasteiger partial charge is 0.142 e. The monoisotopic (exact) mass is 207 g/mol. The Morgan fingerprint density at radius 2 is 2.20 bits per heavy atom. The average molecular weight is 207 g/mol. The summed E-state index contributed by atoms with van der Waals surface area (Å²) in [6, 6.07) is 9.91. The van der Waals surface area contributed by atoms with E-state index in [1.807, 2.05) is 30.3 Å². The highest BCUT2D eigenvalue weighted by Crippen LogP contribution is 2.10. The van der Waals surface area contributed by atoms with Crippen LogP contribution in [0.15, 0.2) is 30.3 Å². The van der Waals surface area contributed by atoms with Crippen molar-refractivity contribution in [3.05, 3.63) is 30.3 Å². The molecular weight excluding hydrogens is 190 g/mol. The van der Waals surface area contributed by atoms with Gasteiger partial charge in [0.1, 0.15) is 12.5 Å². The molecule has 0 bridgehead atoms. The van der Waals surface area contributed by atoms with Crippen LogP contribution in [0.25, 0.3) is 0 Å². The van der Waals surface area contributed by atoms with Crippen LogP contribution in [0.3, 0.4) is 0 Å². The summed E-state index contributed by atoms with van der Waals surface area (Å²) in [6.07, 6.45) is 0.318. The Balaban J connectivity index is 1.78. The highest BCUT2D eigenvalue weighted by atomic mass is 16.5. The molecule has 1 unspecified atom stereocenters. The second-order valence-corrected chi connectivity index (χ2v) is 3.84. The van der Waals surface area contributed by atoms with Crippen LogP contribution in [0.1, 0.15) is 6.92 Å². The molecule has 0 aromatic heterocycles. The predicted octanol–water partition coefficient (Wildman–Crippen LogP) is 1.74. The largest absolute Gasteiger partial charge is 0.478 e. The van der Waals surface area contributed by atoms with Gasteiger partial charge in [0.2, 0.25) is 0 Å². The minimum absolute atomic E-state index is 0.318. The van der Waals surface area contributed by atoms with E-state index in [4.69, 9.17) is 9.47 Å². The van der Waals surface area contributed by atoms with Crippen LogP contribution in [0.4, 0.5) is 0 Å². The molecule has 15 heavy (non-hydrogen) atoms. The first kappa shape index (κ1) is 10.5. The molecule has 1 aliphatic heterocycles. The number of hydrogen-bond donors (Lipinski definition) is 0. The van der Waals surface area contributed by atoms with Gasteiger partial charge in [0.05, 0.1) is 12.7 Å². The number of nitrogens with zero attached hydrogens (tertiary/aromatic N) is 1. The fourth-order valence-electron chi connectivity index (χ4n) is 1.69. The molecule has 1 aromatic carbocycles. The van der Waals surface area contributed by atoms with Gasteiger partial charge in [-0.15, -0.1) is 0 Å². The lowest BCUT2D eigenvalue weighted by atomic mass is 10.3. The first-order chi connectivity index (χ1) is 7.34. The van der Waals surface area contributed by atoms with E-state index in [-0.39, 0.29) is 0 Å². The van der Waals surface area contributed by atoms with Crippen molar-refractivity contribution in [1.82, 2.24) is 4.90 Å². The number of rotatable bonds is 3. The van der Waals surface area contributed by atoms with Crippen molar-refractivity contribution in [3.63, 3.8) is 0 Å². The van der Waals surface area contributed by atoms with Crippen LogP contribution < -0.4 is 4.74 Å². The minimum Gasteiger partial charge on any atom is -0.478 e. The Labute approximate surface area is 90.6 Å². The van der Waals surface area contributed by atoms with Crippen molar-refractivity contribution in [3.8, 4) is 5.75 Å². The Bertz CT molecular complexity index is 289. The quantitative estimate of drug-likeness (QED) is 0.753. The maximum Gasteiger partial charge on any atom is 0.142 e. The van der Waals surface area contributed by atoms with Gasteiger partial charge in [0.25, 0.3) is 0 Å². The number of para-hydroxylation sites is 1. The Morgan fingerprint density at radius 1 is 1.40 bits per heavy atom. The third-order valence-corrected chi connectivity index (χ3v) is 2.48. The summed E-state index contributed by atoms with van der Waals surface area (Å²) >= 11 is 0. The molecule has 1 heterocycles. The first-order valence-corrected chi connectivity index (χ1v) is 5.36. The fourth-order valence-corrected chi connectivity index (χ4v) is 1.69. The number of morpholine rings is 1. The van der Waals surface area contributed by atoms with E-state index in [1.165, 1.54) is 0 Å². The van der Waals surface area contributed by atoms with E-state index in [0.717, 1.165) is 25.4 Å². The molecule has 0 aliphatic carbocycles. The molecule has 1 aromatic rings. The summed E-state index contributed by atoms with van der Waals surface area (Å²) in [7, 11) is 0. The van der Waals surface area contributed by atoms with Crippen LogP contribution in [0.5, 0.6) is 5.75 Å². The normalized spacial score (nSPS) is 22.6. The van der Waals surface area contributed by atoms with Crippen molar-refractivity contribution in [2.75, 3.05) is 26.4 Å². The highest BCUT2D eigenvalue weighted by Gasteiger charge is 2.16. The molecule has 0 amide bonds. The van der Waals surface area contributed by atoms with Crippen molar-refractivity contribution >= 4 is 0 Å². The fraction of sp³-hybridized carbons (Fsp3) is 0.500. The van der Waals surface area contributed by atoms with E-state index in [2.05, 4.69) is 11.8 Å². The Kier molecular flexibility index (Phi) is 3.59. The molecule has 1 fully saturated rings. The molecule has 2 rings (SSSR count). The highest BCUT2D eigenvalue weighted by molar-refractivity contribution is 5.20. The van der Waals surface area contributed by atoms with Gasteiger partial charge in [-0.25, -0.2) is 0 Å². The maximum absolute atomic E-state index is 5.66. The lowest BCUT2D eigenvalue weighted by Gasteiger charge is -2.30. The van der Waals surface area contributed by atoms with Gasteiger partial charge in [-0.3, -0.25) is 4.90 Å². The summed E-state index contributed by atoms with van der Waals surface area (Å²) in [5.41, 5.74) is 0. The van der Waals surface area contributed by atoms with Gasteiger partial charge in [-0.05, 0) is 19.1 Å². The van der Waals surface area contributed by atoms with E-state index in [1.54, 1.807) is 0 Å². The van der Waals surface area contributed by atoms with Gasteiger partial charge in [-0.1, -0.05) is 18.2 Å². The molecule has 0 N–H and O–H groups in total. The third kappa shape index (κ3) is 3.22. The molecule has 1 saturated heterocycles. The van der Waals surface area contributed by atoms with E-state index < -0.39 is 0 Å². The third-order valence-electron chi connectivity index (χ3n) is 2.48. The topological polar surface area (TPSA) is 21.7 Å². The van der Waals surface area contributed by atoms with Crippen molar-refractivity contribution in [2.45, 2.75) is 13.0 Å². The molecule has 82 valence electrons. The summed E-state index contributed by atoms with van der Waals surface area (Å²) in [4.78, 5) is 2.27. The predicted molar refractivity (Wildman–Crippen MR) is 58.9 cm³/mol. The van der Waals surface area contributed by atoms with Gasteiger partial charge < -0.3 is 9.47 Å². The first-order valence-electron chi connectivity index (χ1n) is 5.36. The standard InChI is InChI=1S/C12H17NO2/c1-11-9-13(7-8-14-11)10-15-12-5-3-2-4-6-12/h2-6,11H,7-10H2,1H3. The lowest BCUT2D eigenvalue weighted by molar-refractivity contribution is -0.0411. The van der Waals surface area contributed by atoms with E-state index >= 15 is 0 Å². The van der Waals surface area contributed by atoms with Crippen molar-refractivity contribution in [2.24, 2.45) is 0 Å².